The molecule has 0 bridgehead atoms. The molecule has 166 valence electrons. The van der Waals surface area contributed by atoms with Gasteiger partial charge in [-0.2, -0.15) is 4.99 Å². The zero-order valence-corrected chi connectivity index (χ0v) is 17.9. The predicted molar refractivity (Wildman–Crippen MR) is 119 cm³/mol. The number of amides is 2. The molecule has 2 rings (SSSR count). The number of aliphatic carboxylic acids is 1. The molecule has 0 radical (unpaired) electrons. The van der Waals surface area contributed by atoms with Crippen molar-refractivity contribution in [1.29, 1.82) is 0 Å². The molecule has 2 aromatic rings. The van der Waals surface area contributed by atoms with Gasteiger partial charge < -0.3 is 20.9 Å². The van der Waals surface area contributed by atoms with Crippen molar-refractivity contribution >= 4 is 46.6 Å². The first-order valence-corrected chi connectivity index (χ1v) is 9.89. The van der Waals surface area contributed by atoms with Gasteiger partial charge in [0.1, 0.15) is 11.8 Å². The highest BCUT2D eigenvalue weighted by molar-refractivity contribution is 7.78. The summed E-state index contributed by atoms with van der Waals surface area (Å²) in [6, 6.07) is 11.6. The van der Waals surface area contributed by atoms with Crippen molar-refractivity contribution in [3.8, 4) is 5.75 Å². The molecule has 2 unspecified atom stereocenters. The number of ketones is 1. The van der Waals surface area contributed by atoms with Gasteiger partial charge in [-0.1, -0.05) is 6.92 Å². The fourth-order valence-corrected chi connectivity index (χ4v) is 2.73. The summed E-state index contributed by atoms with van der Waals surface area (Å²) < 4.78 is 5.55. The number of hydrogen-bond donors (Lipinski definition) is 3. The molecular weight excluding hydrogens is 434 g/mol. The Hall–Kier alpha value is -3.88. The second-order valence-electron chi connectivity index (χ2n) is 6.89. The number of carboxylic acids is 1. The summed E-state index contributed by atoms with van der Waals surface area (Å²) in [4.78, 5) is 50.6. The van der Waals surface area contributed by atoms with Crippen LogP contribution in [0.3, 0.4) is 0 Å². The summed E-state index contributed by atoms with van der Waals surface area (Å²) in [5.41, 5.74) is 6.53. The lowest BCUT2D eigenvalue weighted by Gasteiger charge is -2.17. The van der Waals surface area contributed by atoms with E-state index in [0.717, 1.165) is 0 Å². The Kier molecular flexibility index (Phi) is 8.76. The number of rotatable bonds is 11. The maximum atomic E-state index is 12.6. The third-order valence-electron chi connectivity index (χ3n) is 4.39. The average molecular weight is 455 g/mol. The highest BCUT2D eigenvalue weighted by Crippen LogP contribution is 2.18. The molecule has 0 aliphatic heterocycles. The third kappa shape index (κ3) is 7.12. The van der Waals surface area contributed by atoms with Crippen LogP contribution < -0.4 is 15.8 Å². The lowest BCUT2D eigenvalue weighted by Crippen LogP contribution is -2.46. The van der Waals surface area contributed by atoms with Crippen LogP contribution in [0.2, 0.25) is 0 Å². The number of carbonyl (C=O) groups excluding carboxylic acids is 3. The Bertz CT molecular complexity index is 1050. The fourth-order valence-electron chi connectivity index (χ4n) is 2.62. The topological polar surface area (TPSA) is 148 Å². The Morgan fingerprint density at radius 1 is 1.09 bits per heavy atom. The van der Waals surface area contributed by atoms with Gasteiger partial charge in [0.05, 0.1) is 29.8 Å². The lowest BCUT2D eigenvalue weighted by atomic mass is 10.0. The summed E-state index contributed by atoms with van der Waals surface area (Å²) in [5, 5.41) is 13.6. The summed E-state index contributed by atoms with van der Waals surface area (Å²) in [6.07, 6.45) is -0.507. The van der Waals surface area contributed by atoms with Gasteiger partial charge >= 0.3 is 5.97 Å². The molecule has 0 aromatic heterocycles. The van der Waals surface area contributed by atoms with E-state index in [1.165, 1.54) is 0 Å². The minimum atomic E-state index is -1.40. The van der Waals surface area contributed by atoms with Gasteiger partial charge in [0.25, 0.3) is 0 Å². The third-order valence-corrected chi connectivity index (χ3v) is 4.48. The molecule has 0 aliphatic rings. The van der Waals surface area contributed by atoms with E-state index in [2.05, 4.69) is 27.7 Å². The van der Waals surface area contributed by atoms with Crippen LogP contribution in [0.5, 0.6) is 5.75 Å². The molecule has 4 N–H and O–H groups in total. The number of nitrogens with zero attached hydrogens (tertiary/aromatic N) is 1. The minimum Gasteiger partial charge on any atom is -0.493 e. The van der Waals surface area contributed by atoms with Crippen molar-refractivity contribution in [2.24, 2.45) is 16.6 Å². The zero-order chi connectivity index (χ0) is 23.7. The standard InChI is InChI=1S/C22H21N3O6S/c1-13(21(28)25-18(22(29)30)10-19(23)26)11-31-17-8-4-15(5-9-17)20(27)14-2-6-16(7-3-14)24-12-32/h2-9,13,18H,10-11H2,1H3,(H2,23,26)(H,25,28)(H,29,30). The Morgan fingerprint density at radius 2 is 1.66 bits per heavy atom. The molecule has 0 saturated heterocycles. The first-order chi connectivity index (χ1) is 15.2. The highest BCUT2D eigenvalue weighted by Gasteiger charge is 2.25. The van der Waals surface area contributed by atoms with E-state index in [1.807, 2.05) is 0 Å². The van der Waals surface area contributed by atoms with E-state index in [9.17, 15) is 19.2 Å². The number of thiocarbonyl (C=S) groups is 1. The number of carbonyl (C=O) groups is 4. The molecule has 0 fully saturated rings. The van der Waals surface area contributed by atoms with Crippen molar-refractivity contribution < 1.29 is 29.0 Å². The van der Waals surface area contributed by atoms with Crippen LogP contribution in [-0.4, -0.2) is 46.5 Å². The Balaban J connectivity index is 1.93. The quantitative estimate of drug-likeness (QED) is 0.267. The maximum Gasteiger partial charge on any atom is 0.326 e. The van der Waals surface area contributed by atoms with Crippen LogP contribution in [0, 0.1) is 5.92 Å². The first-order valence-electron chi connectivity index (χ1n) is 9.48. The highest BCUT2D eigenvalue weighted by atomic mass is 32.1. The number of nitrogens with two attached hydrogens (primary N) is 1. The average Bonchev–Trinajstić information content (AvgIpc) is 2.77. The molecule has 0 heterocycles. The molecule has 2 aromatic carbocycles. The molecule has 10 heteroatoms. The van der Waals surface area contributed by atoms with Crippen molar-refractivity contribution in [1.82, 2.24) is 5.32 Å². The van der Waals surface area contributed by atoms with Crippen molar-refractivity contribution in [3.05, 3.63) is 59.7 Å². The van der Waals surface area contributed by atoms with Crippen molar-refractivity contribution in [2.45, 2.75) is 19.4 Å². The van der Waals surface area contributed by atoms with Gasteiger partial charge in [-0.05, 0) is 60.7 Å². The van der Waals surface area contributed by atoms with Crippen LogP contribution in [0.25, 0.3) is 0 Å². The van der Waals surface area contributed by atoms with Gasteiger partial charge in [-0.25, -0.2) is 4.79 Å². The smallest absolute Gasteiger partial charge is 0.326 e. The molecular formula is C22H21N3O6S. The van der Waals surface area contributed by atoms with Crippen LogP contribution in [0.15, 0.2) is 53.5 Å². The zero-order valence-electron chi connectivity index (χ0n) is 17.1. The normalized spacial score (nSPS) is 12.0. The molecule has 32 heavy (non-hydrogen) atoms. The Morgan fingerprint density at radius 3 is 2.16 bits per heavy atom. The number of benzene rings is 2. The fraction of sp³-hybridized carbons (Fsp3) is 0.227. The Labute approximate surface area is 189 Å². The monoisotopic (exact) mass is 455 g/mol. The van der Waals surface area contributed by atoms with Gasteiger partial charge in [-0.15, -0.1) is 0 Å². The lowest BCUT2D eigenvalue weighted by molar-refractivity contribution is -0.144. The van der Waals surface area contributed by atoms with E-state index in [1.54, 1.807) is 55.5 Å². The van der Waals surface area contributed by atoms with E-state index < -0.39 is 36.2 Å². The minimum absolute atomic E-state index is 0.0378. The predicted octanol–water partition coefficient (Wildman–Crippen LogP) is 2.11. The number of aliphatic imine (C=N–C) groups is 1. The molecule has 0 spiro atoms. The van der Waals surface area contributed by atoms with E-state index in [4.69, 9.17) is 15.6 Å². The van der Waals surface area contributed by atoms with Gasteiger partial charge in [-0.3, -0.25) is 14.4 Å². The van der Waals surface area contributed by atoms with Crippen molar-refractivity contribution in [3.63, 3.8) is 0 Å². The van der Waals surface area contributed by atoms with Crippen molar-refractivity contribution in [2.75, 3.05) is 6.61 Å². The molecule has 0 aliphatic carbocycles. The molecule has 2 amide bonds. The number of ether oxygens (including phenoxy) is 1. The van der Waals surface area contributed by atoms with Gasteiger partial charge in [0, 0.05) is 11.1 Å². The SMILES string of the molecule is CC(COc1ccc(C(=O)c2ccc(N=C=S)cc2)cc1)C(=O)NC(CC(N)=O)C(=O)O. The second-order valence-corrected chi connectivity index (χ2v) is 7.07. The second kappa shape index (κ2) is 11.5. The number of carboxylic acid groups (broad SMARTS) is 1. The number of isothiocyanates is 1. The molecule has 9 nitrogen and oxygen atoms in total. The van der Waals surface area contributed by atoms with Crippen LogP contribution >= 0.6 is 12.2 Å². The van der Waals surface area contributed by atoms with E-state index >= 15 is 0 Å². The number of hydrogen-bond acceptors (Lipinski definition) is 7. The van der Waals surface area contributed by atoms with Crippen LogP contribution in [0.1, 0.15) is 29.3 Å². The first kappa shape index (κ1) is 24.4. The van der Waals surface area contributed by atoms with E-state index in [-0.39, 0.29) is 12.4 Å². The molecule has 0 saturated carbocycles. The maximum absolute atomic E-state index is 12.6. The number of primary amides is 1. The summed E-state index contributed by atoms with van der Waals surface area (Å²) in [7, 11) is 0. The summed E-state index contributed by atoms with van der Waals surface area (Å²) >= 11 is 4.54. The molecule has 2 atom stereocenters. The largest absolute Gasteiger partial charge is 0.493 e. The van der Waals surface area contributed by atoms with Gasteiger partial charge in [0.15, 0.2) is 5.78 Å². The summed E-state index contributed by atoms with van der Waals surface area (Å²) in [6.45, 7) is 1.51. The summed E-state index contributed by atoms with van der Waals surface area (Å²) in [5.74, 6) is -3.23. The van der Waals surface area contributed by atoms with Crippen LogP contribution in [0.4, 0.5) is 5.69 Å². The number of nitrogens with one attached hydrogen (secondary N) is 1. The van der Waals surface area contributed by atoms with E-state index in [0.29, 0.717) is 22.6 Å². The van der Waals surface area contributed by atoms with Gasteiger partial charge in [0.2, 0.25) is 11.8 Å². The van der Waals surface area contributed by atoms with Crippen LogP contribution in [-0.2, 0) is 14.4 Å².